The van der Waals surface area contributed by atoms with Crippen LogP contribution in [0.1, 0.15) is 0 Å². The van der Waals surface area contributed by atoms with Crippen molar-refractivity contribution in [2.75, 3.05) is 0 Å². The minimum Gasteiger partial charge on any atom is -0.354 e. The van der Waals surface area contributed by atoms with E-state index in [1.54, 1.807) is 0 Å². The fourth-order valence-corrected chi connectivity index (χ4v) is 3.49. The maximum absolute atomic E-state index is 4.67. The molecule has 6 rings (SSSR count). The minimum absolute atomic E-state index is 0.860. The van der Waals surface area contributed by atoms with Crippen LogP contribution in [-0.2, 0) is 0 Å². The van der Waals surface area contributed by atoms with Gasteiger partial charge in [0.25, 0.3) is 0 Å². The first-order valence-corrected chi connectivity index (χ1v) is 9.61. The van der Waals surface area contributed by atoms with Gasteiger partial charge in [-0.2, -0.15) is 0 Å². The molecule has 2 radical (unpaired) electrons. The van der Waals surface area contributed by atoms with Gasteiger partial charge in [-0.05, 0) is 66.8 Å². The van der Waals surface area contributed by atoms with Crippen LogP contribution in [0.2, 0.25) is 0 Å². The highest BCUT2D eigenvalue weighted by Crippen LogP contribution is 2.19. The van der Waals surface area contributed by atoms with Gasteiger partial charge in [-0.1, -0.05) is 0 Å². The fourth-order valence-electron chi connectivity index (χ4n) is 3.49. The molecule has 0 fully saturated rings. The number of rotatable bonds is 0. The zero-order valence-electron chi connectivity index (χ0n) is 15.9. The summed E-state index contributed by atoms with van der Waals surface area (Å²) in [5.41, 5.74) is 5.26. The summed E-state index contributed by atoms with van der Waals surface area (Å²) in [6.45, 7) is 3.25. The minimum atomic E-state index is 0.860. The Bertz CT molecular complexity index is 1360. The topological polar surface area (TPSA) is 59.3 Å². The van der Waals surface area contributed by atoms with E-state index >= 15 is 0 Å². The van der Waals surface area contributed by atoms with Gasteiger partial charge in [0, 0.05) is 30.1 Å². The number of aromatic nitrogens is 1. The molecule has 1 aromatic rings. The van der Waals surface area contributed by atoms with E-state index in [1.165, 1.54) is 0 Å². The zero-order valence-corrected chi connectivity index (χ0v) is 15.9. The van der Waals surface area contributed by atoms with Gasteiger partial charge >= 0.3 is 0 Å². The van der Waals surface area contributed by atoms with E-state index in [0.29, 0.717) is 0 Å². The molecule has 0 aromatic carbocycles. The van der Waals surface area contributed by atoms with Crippen LogP contribution in [0.15, 0.2) is 111 Å². The van der Waals surface area contributed by atoms with Gasteiger partial charge in [0.1, 0.15) is 0 Å². The van der Waals surface area contributed by atoms with E-state index in [-0.39, 0.29) is 0 Å². The second-order valence-electron chi connectivity index (χ2n) is 7.16. The normalized spacial score (nSPS) is 20.9. The highest BCUT2D eigenvalue weighted by atomic mass is 15.3. The fraction of sp³-hybridized carbons (Fsp3) is 0. The average Bonchev–Trinajstić information content (AvgIpc) is 3.52. The average molecular weight is 388 g/mol. The summed E-state index contributed by atoms with van der Waals surface area (Å²) >= 11 is 0. The van der Waals surface area contributed by atoms with Gasteiger partial charge in [-0.15, -0.1) is 0 Å². The quantitative estimate of drug-likeness (QED) is 0.741. The summed E-state index contributed by atoms with van der Waals surface area (Å²) in [7, 11) is 0. The van der Waals surface area contributed by atoms with Gasteiger partial charge in [0.15, 0.2) is 0 Å². The Kier molecular flexibility index (Phi) is 3.74. The molecule has 30 heavy (non-hydrogen) atoms. The lowest BCUT2D eigenvalue weighted by atomic mass is 10.2. The number of nitrogens with zero attached hydrogens (tertiary/aromatic N) is 5. The molecule has 0 spiro atoms. The van der Waals surface area contributed by atoms with Crippen molar-refractivity contribution in [1.82, 2.24) is 14.8 Å². The van der Waals surface area contributed by atoms with Gasteiger partial charge in [0.2, 0.25) is 6.67 Å². The molecule has 1 aromatic heterocycles. The Morgan fingerprint density at radius 3 is 1.90 bits per heavy atom. The van der Waals surface area contributed by atoms with Crippen molar-refractivity contribution in [2.45, 2.75) is 0 Å². The SMILES string of the molecule is [C]1N2C=CN1C=c1ccc([nH]1)=CC1=NC(=CC3=NC(=CC4=NC(=C2)C=C4)C=C3)C=C1. The largest absolute Gasteiger partial charge is 0.354 e. The third kappa shape index (κ3) is 3.35. The maximum atomic E-state index is 4.67. The van der Waals surface area contributed by atoms with Crippen LogP contribution in [-0.4, -0.2) is 31.9 Å². The number of aromatic amines is 1. The maximum Gasteiger partial charge on any atom is 0.216 e. The highest BCUT2D eigenvalue weighted by molar-refractivity contribution is 6.20. The Morgan fingerprint density at radius 2 is 1.17 bits per heavy atom. The lowest BCUT2D eigenvalue weighted by molar-refractivity contribution is 0.513. The molecule has 5 aliphatic rings. The first-order valence-electron chi connectivity index (χ1n) is 9.61. The molecule has 142 valence electrons. The van der Waals surface area contributed by atoms with Crippen LogP contribution in [0.3, 0.4) is 0 Å². The molecule has 0 atom stereocenters. The highest BCUT2D eigenvalue weighted by Gasteiger charge is 2.13. The van der Waals surface area contributed by atoms with Crippen molar-refractivity contribution in [1.29, 1.82) is 0 Å². The summed E-state index contributed by atoms with van der Waals surface area (Å²) in [6, 6.07) is 4.06. The first-order chi connectivity index (χ1) is 14.7. The van der Waals surface area contributed by atoms with E-state index < -0.39 is 0 Å². The van der Waals surface area contributed by atoms with Gasteiger partial charge in [-0.3, -0.25) is 0 Å². The lowest BCUT2D eigenvalue weighted by Crippen LogP contribution is -2.17. The summed E-state index contributed by atoms with van der Waals surface area (Å²) < 4.78 is 0. The monoisotopic (exact) mass is 388 g/mol. The molecule has 10 bridgehead atoms. The van der Waals surface area contributed by atoms with Crippen molar-refractivity contribution in [2.24, 2.45) is 15.0 Å². The molecule has 6 heterocycles. The third-order valence-corrected chi connectivity index (χ3v) is 4.84. The number of aliphatic imine (C=N–C) groups is 3. The molecular weight excluding hydrogens is 372 g/mol. The van der Waals surface area contributed by atoms with E-state index in [1.807, 2.05) is 101 Å². The smallest absolute Gasteiger partial charge is 0.216 e. The van der Waals surface area contributed by atoms with Crippen molar-refractivity contribution in [3.63, 3.8) is 0 Å². The van der Waals surface area contributed by atoms with Gasteiger partial charge < -0.3 is 14.8 Å². The zero-order chi connectivity index (χ0) is 19.9. The van der Waals surface area contributed by atoms with Crippen LogP contribution < -0.4 is 10.7 Å². The standard InChI is InChI=1S/C24H16N6/c1-3-19-12-21-5-7-23(27-21)14-29-9-10-30(16-29)15-24-8-6-22(28-24)13-20-4-2-18(26-20)11-17(1)25-19/h1-15,27H. The molecule has 0 saturated carbocycles. The molecule has 5 aliphatic heterocycles. The van der Waals surface area contributed by atoms with E-state index in [4.69, 9.17) is 0 Å². The summed E-state index contributed by atoms with van der Waals surface area (Å²) in [6.07, 6.45) is 25.7. The van der Waals surface area contributed by atoms with Crippen LogP contribution in [0.5, 0.6) is 0 Å². The Labute approximate surface area is 173 Å². The predicted molar refractivity (Wildman–Crippen MR) is 119 cm³/mol. The molecule has 0 aliphatic carbocycles. The molecule has 0 unspecified atom stereocenters. The summed E-state index contributed by atoms with van der Waals surface area (Å²) in [5.74, 6) is 0. The molecule has 0 saturated heterocycles. The van der Waals surface area contributed by atoms with Crippen molar-refractivity contribution < 1.29 is 0 Å². The van der Waals surface area contributed by atoms with Crippen LogP contribution in [0.25, 0.3) is 12.3 Å². The Morgan fingerprint density at radius 1 is 0.600 bits per heavy atom. The number of allylic oxidation sites excluding steroid dienone is 8. The van der Waals surface area contributed by atoms with Gasteiger partial charge in [0.05, 0.1) is 39.6 Å². The van der Waals surface area contributed by atoms with Crippen LogP contribution >= 0.6 is 0 Å². The van der Waals surface area contributed by atoms with E-state index in [0.717, 1.165) is 44.9 Å². The molecule has 0 amide bonds. The Hall–Kier alpha value is -4.19. The number of nitrogens with one attached hydrogen (secondary N) is 1. The number of fused-ring (bicyclic) bond motifs is 7. The second kappa shape index (κ2) is 6.70. The molecule has 1 N–H and O–H groups in total. The Balaban J connectivity index is 1.43. The second-order valence-corrected chi connectivity index (χ2v) is 7.16. The number of hydrogen-bond donors (Lipinski definition) is 1. The molecule has 6 nitrogen and oxygen atoms in total. The van der Waals surface area contributed by atoms with Crippen molar-refractivity contribution in [3.05, 3.63) is 114 Å². The first kappa shape index (κ1) is 16.7. The lowest BCUT2D eigenvalue weighted by Gasteiger charge is -2.11. The van der Waals surface area contributed by atoms with Crippen molar-refractivity contribution >= 4 is 29.4 Å². The van der Waals surface area contributed by atoms with Crippen LogP contribution in [0, 0.1) is 6.67 Å². The summed E-state index contributed by atoms with van der Waals surface area (Å²) in [5, 5.41) is 1.97. The molecule has 6 heteroatoms. The third-order valence-electron chi connectivity index (χ3n) is 4.84. The predicted octanol–water partition coefficient (Wildman–Crippen LogP) is 2.27. The number of hydrogen-bond acceptors (Lipinski definition) is 5. The van der Waals surface area contributed by atoms with Crippen molar-refractivity contribution in [3.8, 4) is 0 Å². The van der Waals surface area contributed by atoms with Gasteiger partial charge in [-0.25, -0.2) is 15.0 Å². The van der Waals surface area contributed by atoms with Crippen LogP contribution in [0.4, 0.5) is 0 Å². The summed E-state index contributed by atoms with van der Waals surface area (Å²) in [4.78, 5) is 21.1. The van der Waals surface area contributed by atoms with E-state index in [2.05, 4.69) is 26.6 Å². The van der Waals surface area contributed by atoms with E-state index in [9.17, 15) is 0 Å². The molecular formula is C24H16N6. The number of H-pyrrole nitrogens is 1.